The molecule has 0 spiro atoms. The fraction of sp³-hybridized carbons (Fsp3) is 0.889. The lowest BCUT2D eigenvalue weighted by Crippen LogP contribution is -2.47. The Bertz CT molecular complexity index is 490. The maximum Gasteiger partial charge on any atom is 0.280 e. The van der Waals surface area contributed by atoms with Gasteiger partial charge in [0.25, 0.3) is 10.2 Å². The van der Waals surface area contributed by atoms with E-state index in [9.17, 15) is 8.42 Å². The van der Waals surface area contributed by atoms with E-state index in [0.29, 0.717) is 18.9 Å². The highest BCUT2D eigenvalue weighted by Crippen LogP contribution is 2.19. The molecule has 2 atom stereocenters. The first kappa shape index (κ1) is 14.3. The van der Waals surface area contributed by atoms with E-state index in [0.717, 1.165) is 12.8 Å². The summed E-state index contributed by atoms with van der Waals surface area (Å²) in [5.74, 6) is 0.296. The van der Waals surface area contributed by atoms with Gasteiger partial charge in [-0.3, -0.25) is 0 Å². The van der Waals surface area contributed by atoms with Crippen molar-refractivity contribution in [3.63, 3.8) is 0 Å². The fourth-order valence-corrected chi connectivity index (χ4v) is 3.58. The molecule has 1 saturated heterocycles. The number of rotatable bonds is 5. The Kier molecular flexibility index (Phi) is 4.45. The number of aromatic nitrogens is 4. The smallest absolute Gasteiger partial charge is 0.280 e. The first-order valence-corrected chi connectivity index (χ1v) is 7.58. The molecule has 0 saturated carbocycles. The third kappa shape index (κ3) is 3.47. The summed E-state index contributed by atoms with van der Waals surface area (Å²) >= 11 is 0. The maximum absolute atomic E-state index is 12.2. The van der Waals surface area contributed by atoms with Gasteiger partial charge in [0, 0.05) is 19.7 Å². The van der Waals surface area contributed by atoms with Crippen LogP contribution in [0.15, 0.2) is 0 Å². The second kappa shape index (κ2) is 5.90. The predicted molar refractivity (Wildman–Crippen MR) is 66.0 cm³/mol. The topological polar surface area (TPSA) is 124 Å². The van der Waals surface area contributed by atoms with Crippen molar-refractivity contribution >= 4 is 10.2 Å². The van der Waals surface area contributed by atoms with Gasteiger partial charge in [-0.25, -0.2) is 0 Å². The Labute approximate surface area is 111 Å². The molecule has 1 aliphatic rings. The number of hydrogen-bond acceptors (Lipinski definition) is 6. The summed E-state index contributed by atoms with van der Waals surface area (Å²) in [6, 6.07) is -0.557. The van der Waals surface area contributed by atoms with Crippen molar-refractivity contribution in [2.24, 2.45) is 5.92 Å². The van der Waals surface area contributed by atoms with Gasteiger partial charge in [0.15, 0.2) is 5.82 Å². The molecule has 1 aromatic heterocycles. The Morgan fingerprint density at radius 1 is 1.63 bits per heavy atom. The van der Waals surface area contributed by atoms with Crippen molar-refractivity contribution in [2.75, 3.05) is 19.7 Å². The van der Waals surface area contributed by atoms with Crippen molar-refractivity contribution in [2.45, 2.75) is 25.8 Å². The lowest BCUT2D eigenvalue weighted by Gasteiger charge is -2.31. The quantitative estimate of drug-likeness (QED) is 0.625. The lowest BCUT2D eigenvalue weighted by molar-refractivity contribution is 0.164. The van der Waals surface area contributed by atoms with Crippen LogP contribution in [0.1, 0.15) is 31.6 Å². The zero-order chi connectivity index (χ0) is 13.9. The minimum Gasteiger partial charge on any atom is -0.396 e. The van der Waals surface area contributed by atoms with Gasteiger partial charge in [0.2, 0.25) is 0 Å². The second-order valence-electron chi connectivity index (χ2n) is 4.66. The van der Waals surface area contributed by atoms with Crippen LogP contribution in [-0.2, 0) is 10.2 Å². The van der Waals surface area contributed by atoms with E-state index in [1.54, 1.807) is 6.92 Å². The van der Waals surface area contributed by atoms with E-state index in [1.165, 1.54) is 4.31 Å². The third-order valence-electron chi connectivity index (χ3n) is 3.15. The molecule has 1 aromatic rings. The number of tetrazole rings is 1. The molecule has 108 valence electrons. The van der Waals surface area contributed by atoms with Crippen LogP contribution < -0.4 is 4.72 Å². The number of H-pyrrole nitrogens is 1. The number of aliphatic hydroxyl groups is 1. The van der Waals surface area contributed by atoms with Crippen LogP contribution in [0.3, 0.4) is 0 Å². The highest BCUT2D eigenvalue weighted by Gasteiger charge is 2.30. The Morgan fingerprint density at radius 2 is 2.42 bits per heavy atom. The Hall–Kier alpha value is -1.10. The number of piperidine rings is 1. The van der Waals surface area contributed by atoms with Gasteiger partial charge < -0.3 is 5.11 Å². The van der Waals surface area contributed by atoms with Gasteiger partial charge in [-0.15, -0.1) is 10.2 Å². The van der Waals surface area contributed by atoms with Crippen LogP contribution in [0.25, 0.3) is 0 Å². The van der Waals surface area contributed by atoms with Crippen LogP contribution in [-0.4, -0.2) is 58.2 Å². The number of nitrogens with one attached hydrogen (secondary N) is 2. The first-order chi connectivity index (χ1) is 9.03. The number of hydrogen-bond donors (Lipinski definition) is 3. The van der Waals surface area contributed by atoms with Crippen molar-refractivity contribution in [1.29, 1.82) is 0 Å². The zero-order valence-corrected chi connectivity index (χ0v) is 11.5. The summed E-state index contributed by atoms with van der Waals surface area (Å²) in [7, 11) is -3.60. The van der Waals surface area contributed by atoms with E-state index in [-0.39, 0.29) is 12.5 Å². The van der Waals surface area contributed by atoms with Gasteiger partial charge in [-0.2, -0.15) is 22.7 Å². The van der Waals surface area contributed by atoms with Crippen molar-refractivity contribution in [1.82, 2.24) is 29.7 Å². The number of aromatic amines is 1. The highest BCUT2D eigenvalue weighted by molar-refractivity contribution is 7.87. The normalized spacial score (nSPS) is 23.4. The molecule has 3 N–H and O–H groups in total. The zero-order valence-electron chi connectivity index (χ0n) is 10.7. The van der Waals surface area contributed by atoms with E-state index in [4.69, 9.17) is 5.11 Å². The average molecular weight is 290 g/mol. The van der Waals surface area contributed by atoms with E-state index < -0.39 is 16.3 Å². The summed E-state index contributed by atoms with van der Waals surface area (Å²) in [6.45, 7) is 2.46. The molecular weight excluding hydrogens is 272 g/mol. The minimum absolute atomic E-state index is 0.00538. The molecular formula is C9H18N6O3S. The minimum atomic E-state index is -3.60. The van der Waals surface area contributed by atoms with Crippen LogP contribution in [0, 0.1) is 5.92 Å². The number of nitrogens with zero attached hydrogens (tertiary/aromatic N) is 4. The highest BCUT2D eigenvalue weighted by atomic mass is 32.2. The summed E-state index contributed by atoms with van der Waals surface area (Å²) in [4.78, 5) is 0. The monoisotopic (exact) mass is 290 g/mol. The molecule has 0 radical (unpaired) electrons. The summed E-state index contributed by atoms with van der Waals surface area (Å²) < 4.78 is 28.3. The molecule has 0 bridgehead atoms. The molecule has 2 heterocycles. The van der Waals surface area contributed by atoms with Gasteiger partial charge in [-0.05, 0) is 25.7 Å². The van der Waals surface area contributed by atoms with Crippen LogP contribution in [0.5, 0.6) is 0 Å². The van der Waals surface area contributed by atoms with E-state index >= 15 is 0 Å². The van der Waals surface area contributed by atoms with Crippen LogP contribution in [0.2, 0.25) is 0 Å². The molecule has 1 fully saturated rings. The Morgan fingerprint density at radius 3 is 3.05 bits per heavy atom. The summed E-state index contributed by atoms with van der Waals surface area (Å²) in [5.41, 5.74) is 0. The SMILES string of the molecule is CC(NS(=O)(=O)N1CCCC(CO)C1)c1nn[nH]n1. The molecule has 2 rings (SSSR count). The van der Waals surface area contributed by atoms with Gasteiger partial charge in [-0.1, -0.05) is 5.21 Å². The molecule has 0 aromatic carbocycles. The molecule has 10 heteroatoms. The number of aliphatic hydroxyl groups excluding tert-OH is 1. The van der Waals surface area contributed by atoms with E-state index in [2.05, 4.69) is 25.3 Å². The molecule has 2 unspecified atom stereocenters. The molecule has 0 amide bonds. The molecule has 19 heavy (non-hydrogen) atoms. The maximum atomic E-state index is 12.2. The van der Waals surface area contributed by atoms with Gasteiger partial charge in [0.1, 0.15) is 0 Å². The van der Waals surface area contributed by atoms with Crippen molar-refractivity contribution in [3.05, 3.63) is 5.82 Å². The van der Waals surface area contributed by atoms with Crippen LogP contribution in [0.4, 0.5) is 0 Å². The lowest BCUT2D eigenvalue weighted by atomic mass is 10.0. The largest absolute Gasteiger partial charge is 0.396 e. The molecule has 1 aliphatic heterocycles. The molecule has 9 nitrogen and oxygen atoms in total. The molecule has 0 aliphatic carbocycles. The first-order valence-electron chi connectivity index (χ1n) is 6.14. The van der Waals surface area contributed by atoms with Gasteiger partial charge >= 0.3 is 0 Å². The van der Waals surface area contributed by atoms with Crippen LogP contribution >= 0.6 is 0 Å². The average Bonchev–Trinajstić information content (AvgIpc) is 2.92. The second-order valence-corrected chi connectivity index (χ2v) is 6.37. The summed E-state index contributed by atoms with van der Waals surface area (Å²) in [6.07, 6.45) is 1.60. The third-order valence-corrected chi connectivity index (χ3v) is 4.82. The predicted octanol–water partition coefficient (Wildman–Crippen LogP) is -1.20. The fourth-order valence-electron chi connectivity index (χ4n) is 2.10. The van der Waals surface area contributed by atoms with E-state index in [1.807, 2.05) is 0 Å². The summed E-state index contributed by atoms with van der Waals surface area (Å²) in [5, 5.41) is 22.3. The Balaban J connectivity index is 2.01. The van der Waals surface area contributed by atoms with Crippen molar-refractivity contribution < 1.29 is 13.5 Å². The standard InChI is InChI=1S/C9H18N6O3S/c1-7(9-10-13-14-11-9)12-19(17,18)15-4-2-3-8(5-15)6-16/h7-8,12,16H,2-6H2,1H3,(H,10,11,13,14). The van der Waals surface area contributed by atoms with Gasteiger partial charge in [0.05, 0.1) is 6.04 Å². The van der Waals surface area contributed by atoms with Crippen molar-refractivity contribution in [3.8, 4) is 0 Å².